The van der Waals surface area contributed by atoms with E-state index in [2.05, 4.69) is 13.8 Å². The normalized spacial score (nSPS) is 55.1. The van der Waals surface area contributed by atoms with Crippen LogP contribution in [0, 0.1) is 28.6 Å². The number of hydrogen-bond acceptors (Lipinski definition) is 14. The van der Waals surface area contributed by atoms with Crippen molar-refractivity contribution in [2.45, 2.75) is 144 Å². The van der Waals surface area contributed by atoms with Gasteiger partial charge in [0.1, 0.15) is 49.3 Å². The minimum atomic E-state index is -1.62. The van der Waals surface area contributed by atoms with Crippen LogP contribution < -0.4 is 0 Å². The van der Waals surface area contributed by atoms with E-state index in [1.807, 2.05) is 0 Å². The molecule has 3 heterocycles. The average Bonchev–Trinajstić information content (AvgIpc) is 3.69. The van der Waals surface area contributed by atoms with E-state index < -0.39 is 84.6 Å². The van der Waals surface area contributed by atoms with E-state index in [9.17, 15) is 45.6 Å². The van der Waals surface area contributed by atoms with E-state index in [1.165, 1.54) is 0 Å². The Morgan fingerprint density at radius 1 is 0.792 bits per heavy atom. The minimum absolute atomic E-state index is 0.0159. The molecule has 17 atom stereocenters. The van der Waals surface area contributed by atoms with Crippen molar-refractivity contribution >= 4 is 5.97 Å². The summed E-state index contributed by atoms with van der Waals surface area (Å²) < 4.78 is 28.1. The lowest BCUT2D eigenvalue weighted by Gasteiger charge is -2.66. The fourth-order valence-corrected chi connectivity index (χ4v) is 11.0. The summed E-state index contributed by atoms with van der Waals surface area (Å²) in [6.07, 6.45) is -5.49. The molecular formula is C34H52O14. The number of hydrogen-bond donors (Lipinski definition) is 8. The van der Waals surface area contributed by atoms with Gasteiger partial charge in [-0.3, -0.25) is 0 Å². The number of aliphatic hydroxyl groups excluding tert-OH is 6. The predicted octanol–water partition coefficient (Wildman–Crippen LogP) is -0.993. The highest BCUT2D eigenvalue weighted by Gasteiger charge is 2.70. The van der Waals surface area contributed by atoms with Crippen molar-refractivity contribution in [3.05, 3.63) is 11.6 Å². The highest BCUT2D eigenvalue weighted by atomic mass is 16.7. The summed E-state index contributed by atoms with van der Waals surface area (Å²) >= 11 is 0. The van der Waals surface area contributed by atoms with Crippen molar-refractivity contribution in [3.63, 3.8) is 0 Å². The topological polar surface area (TPSA) is 225 Å². The zero-order valence-electron chi connectivity index (χ0n) is 27.6. The molecule has 0 aromatic carbocycles. The number of aliphatic hydroxyl groups is 8. The Bertz CT molecular complexity index is 1260. The Labute approximate surface area is 279 Å². The van der Waals surface area contributed by atoms with E-state index in [-0.39, 0.29) is 35.7 Å². The molecule has 0 unspecified atom stereocenters. The van der Waals surface area contributed by atoms with Gasteiger partial charge in [-0.1, -0.05) is 13.8 Å². The maximum absolute atomic E-state index is 12.5. The lowest BCUT2D eigenvalue weighted by molar-refractivity contribution is -0.308. The first-order valence-electron chi connectivity index (χ1n) is 17.6. The average molecular weight is 685 g/mol. The molecule has 0 aromatic heterocycles. The quantitative estimate of drug-likeness (QED) is 0.151. The van der Waals surface area contributed by atoms with Crippen LogP contribution in [0.25, 0.3) is 0 Å². The summed E-state index contributed by atoms with van der Waals surface area (Å²) in [5.41, 5.74) is -1.83. The van der Waals surface area contributed by atoms with E-state index in [0.717, 1.165) is 24.8 Å². The summed E-state index contributed by atoms with van der Waals surface area (Å²) in [6, 6.07) is 0. The van der Waals surface area contributed by atoms with Gasteiger partial charge in [-0.15, -0.1) is 0 Å². The van der Waals surface area contributed by atoms with E-state index in [4.69, 9.17) is 23.7 Å². The minimum Gasteiger partial charge on any atom is -0.458 e. The molecule has 3 aliphatic heterocycles. The molecule has 8 N–H and O–H groups in total. The van der Waals surface area contributed by atoms with Crippen LogP contribution in [-0.2, 0) is 28.5 Å². The fourth-order valence-electron chi connectivity index (χ4n) is 11.0. The van der Waals surface area contributed by atoms with Crippen molar-refractivity contribution in [2.24, 2.45) is 28.6 Å². The van der Waals surface area contributed by atoms with Crippen LogP contribution in [0.15, 0.2) is 11.6 Å². The maximum Gasteiger partial charge on any atom is 0.331 e. The molecule has 4 saturated carbocycles. The molecule has 0 aromatic rings. The summed E-state index contributed by atoms with van der Waals surface area (Å²) in [6.45, 7) is 3.64. The molecule has 272 valence electrons. The smallest absolute Gasteiger partial charge is 0.331 e. The van der Waals surface area contributed by atoms with Crippen LogP contribution >= 0.6 is 0 Å². The number of ether oxygens (including phenoxy) is 5. The largest absolute Gasteiger partial charge is 0.458 e. The Morgan fingerprint density at radius 2 is 1.46 bits per heavy atom. The molecule has 0 spiro atoms. The van der Waals surface area contributed by atoms with Gasteiger partial charge in [0, 0.05) is 17.9 Å². The second-order valence-electron chi connectivity index (χ2n) is 16.1. The van der Waals surface area contributed by atoms with Gasteiger partial charge in [0.25, 0.3) is 0 Å². The number of rotatable bonds is 7. The Hall–Kier alpha value is -1.27. The molecule has 14 nitrogen and oxygen atoms in total. The van der Waals surface area contributed by atoms with Gasteiger partial charge in [-0.25, -0.2) is 4.79 Å². The van der Waals surface area contributed by atoms with Gasteiger partial charge in [0.05, 0.1) is 30.5 Å². The number of fused-ring (bicyclic) bond motifs is 5. The number of cyclic esters (lactones) is 1. The monoisotopic (exact) mass is 684 g/mol. The second-order valence-corrected chi connectivity index (χ2v) is 16.1. The fraction of sp³-hybridized carbons (Fsp3) is 0.912. The van der Waals surface area contributed by atoms with Gasteiger partial charge >= 0.3 is 5.97 Å². The third-order valence-corrected chi connectivity index (χ3v) is 14.0. The van der Waals surface area contributed by atoms with Gasteiger partial charge in [0.2, 0.25) is 0 Å². The molecule has 6 fully saturated rings. The Morgan fingerprint density at radius 3 is 2.17 bits per heavy atom. The van der Waals surface area contributed by atoms with Gasteiger partial charge < -0.3 is 64.5 Å². The molecule has 7 rings (SSSR count). The second kappa shape index (κ2) is 12.4. The predicted molar refractivity (Wildman–Crippen MR) is 162 cm³/mol. The molecule has 14 heteroatoms. The lowest BCUT2D eigenvalue weighted by Crippen LogP contribution is -2.67. The molecular weight excluding hydrogens is 632 g/mol. The van der Waals surface area contributed by atoms with Crippen LogP contribution in [0.1, 0.15) is 71.6 Å². The van der Waals surface area contributed by atoms with Crippen LogP contribution in [-0.4, -0.2) is 139 Å². The first kappa shape index (κ1) is 35.1. The van der Waals surface area contributed by atoms with Crippen molar-refractivity contribution in [2.75, 3.05) is 19.8 Å². The zero-order chi connectivity index (χ0) is 34.4. The maximum atomic E-state index is 12.5. The summed E-state index contributed by atoms with van der Waals surface area (Å²) in [4.78, 5) is 11.9. The van der Waals surface area contributed by atoms with Crippen LogP contribution in [0.4, 0.5) is 0 Å². The van der Waals surface area contributed by atoms with E-state index in [0.29, 0.717) is 45.1 Å². The SMILES string of the molecule is C[C@]12CC[C@H](O[C@@H]3O[C@H](CO[C@@H]4O[C@H](CO)[C@@H](O)[C@H](O)[C@H]4O)[C@H](O)[C@H]3O)C[C@@]1(O)CC[C@@H]1[C@@H]2CC[C@]2(C)[C@@H](C3=CC(=O)OC3)CC[C@]12O. The molecule has 7 aliphatic rings. The van der Waals surface area contributed by atoms with E-state index in [1.54, 1.807) is 6.08 Å². The number of esters is 1. The third-order valence-electron chi connectivity index (χ3n) is 14.0. The van der Waals surface area contributed by atoms with Crippen molar-refractivity contribution in [3.8, 4) is 0 Å². The van der Waals surface area contributed by atoms with Gasteiger partial charge in [-0.2, -0.15) is 0 Å². The summed E-state index contributed by atoms with van der Waals surface area (Å²) in [5, 5.41) is 85.9. The van der Waals surface area contributed by atoms with Crippen LogP contribution in [0.2, 0.25) is 0 Å². The Kier molecular flexibility index (Phi) is 9.12. The van der Waals surface area contributed by atoms with Crippen LogP contribution in [0.5, 0.6) is 0 Å². The van der Waals surface area contributed by atoms with Gasteiger partial charge in [-0.05, 0) is 80.1 Å². The van der Waals surface area contributed by atoms with E-state index >= 15 is 0 Å². The van der Waals surface area contributed by atoms with Crippen LogP contribution in [0.3, 0.4) is 0 Å². The highest BCUT2D eigenvalue weighted by molar-refractivity contribution is 5.85. The highest BCUT2D eigenvalue weighted by Crippen LogP contribution is 2.70. The van der Waals surface area contributed by atoms with Crippen molar-refractivity contribution < 1.29 is 69.3 Å². The lowest BCUT2D eigenvalue weighted by atomic mass is 9.42. The first-order chi connectivity index (χ1) is 22.7. The molecule has 0 amide bonds. The summed E-state index contributed by atoms with van der Waals surface area (Å²) in [5.74, 6) is -0.105. The zero-order valence-corrected chi connectivity index (χ0v) is 27.6. The van der Waals surface area contributed by atoms with Crippen molar-refractivity contribution in [1.82, 2.24) is 0 Å². The first-order valence-corrected chi connectivity index (χ1v) is 17.6. The molecule has 48 heavy (non-hydrogen) atoms. The molecule has 4 aliphatic carbocycles. The number of carbonyl (C=O) groups excluding carboxylic acids is 1. The summed E-state index contributed by atoms with van der Waals surface area (Å²) in [7, 11) is 0. The standard InChI is InChI=1S/C34H52O14/c1-31-7-3-17(46-30-27(40)25(38)22(48-30)15-45-29-28(41)26(39)24(37)21(13-35)47-29)12-33(31,42)9-5-20-19(31)4-8-32(2)18(6-10-34(20,32)43)16-11-23(36)44-14-16/h11,17-22,24-30,35,37-43H,3-10,12-15H2,1-2H3/t17-,18+,19-,20+,21+,22+,24+,25-,26-,27+,28+,29+,30+,31+,32+,33-,34-/m0/s1. The van der Waals surface area contributed by atoms with Crippen molar-refractivity contribution in [1.29, 1.82) is 0 Å². The molecule has 0 bridgehead atoms. The van der Waals surface area contributed by atoms with Gasteiger partial charge in [0.15, 0.2) is 12.6 Å². The number of carbonyl (C=O) groups is 1. The molecule has 0 radical (unpaired) electrons. The Balaban J connectivity index is 0.981. The molecule has 2 saturated heterocycles. The third kappa shape index (κ3) is 5.24.